The first-order valence-corrected chi connectivity index (χ1v) is 9.67. The van der Waals surface area contributed by atoms with E-state index in [0.717, 1.165) is 25.1 Å². The molecule has 0 bridgehead atoms. The van der Waals surface area contributed by atoms with Crippen LogP contribution in [0.3, 0.4) is 0 Å². The SMILES string of the molecule is Cc1ccc(C(=O)N2CC(C)CC(C)C2)cc1NC(=O)CCCCC(=O)O. The molecule has 0 aliphatic carbocycles. The topological polar surface area (TPSA) is 86.7 Å². The lowest BCUT2D eigenvalue weighted by atomic mass is 9.91. The number of benzene rings is 1. The Morgan fingerprint density at radius 2 is 1.74 bits per heavy atom. The number of hydrogen-bond acceptors (Lipinski definition) is 3. The summed E-state index contributed by atoms with van der Waals surface area (Å²) in [5, 5.41) is 11.5. The third-order valence-electron chi connectivity index (χ3n) is 4.96. The molecule has 2 atom stereocenters. The van der Waals surface area contributed by atoms with Gasteiger partial charge in [0.1, 0.15) is 0 Å². The normalized spacial score (nSPS) is 19.6. The van der Waals surface area contributed by atoms with Gasteiger partial charge in [0.2, 0.25) is 5.91 Å². The fourth-order valence-corrected chi connectivity index (χ4v) is 3.68. The predicted octanol–water partition coefficient (Wildman–Crippen LogP) is 3.70. The van der Waals surface area contributed by atoms with Crippen molar-refractivity contribution in [3.05, 3.63) is 29.3 Å². The van der Waals surface area contributed by atoms with E-state index >= 15 is 0 Å². The number of aliphatic carboxylic acids is 1. The summed E-state index contributed by atoms with van der Waals surface area (Å²) in [6, 6.07) is 5.41. The van der Waals surface area contributed by atoms with Crippen molar-refractivity contribution < 1.29 is 19.5 Å². The van der Waals surface area contributed by atoms with E-state index in [1.807, 2.05) is 24.0 Å². The summed E-state index contributed by atoms with van der Waals surface area (Å²) in [4.78, 5) is 37.4. The number of carbonyl (C=O) groups is 3. The first-order valence-electron chi connectivity index (χ1n) is 9.67. The van der Waals surface area contributed by atoms with Crippen molar-refractivity contribution in [2.45, 2.75) is 52.9 Å². The first-order chi connectivity index (χ1) is 12.8. The van der Waals surface area contributed by atoms with Gasteiger partial charge in [-0.25, -0.2) is 0 Å². The van der Waals surface area contributed by atoms with Gasteiger partial charge in [-0.05, 0) is 55.7 Å². The Balaban J connectivity index is 1.99. The van der Waals surface area contributed by atoms with Crippen LogP contribution < -0.4 is 5.32 Å². The third kappa shape index (κ3) is 6.38. The van der Waals surface area contributed by atoms with Gasteiger partial charge < -0.3 is 15.3 Å². The Hall–Kier alpha value is -2.37. The van der Waals surface area contributed by atoms with Crippen molar-refractivity contribution >= 4 is 23.5 Å². The average molecular weight is 374 g/mol. The molecule has 0 saturated carbocycles. The number of amides is 2. The molecule has 0 radical (unpaired) electrons. The van der Waals surface area contributed by atoms with Crippen LogP contribution in [0.5, 0.6) is 0 Å². The molecule has 1 aliphatic heterocycles. The van der Waals surface area contributed by atoms with E-state index in [1.165, 1.54) is 0 Å². The molecule has 0 spiro atoms. The van der Waals surface area contributed by atoms with Crippen LogP contribution in [0, 0.1) is 18.8 Å². The van der Waals surface area contributed by atoms with Crippen molar-refractivity contribution in [1.82, 2.24) is 4.90 Å². The van der Waals surface area contributed by atoms with Crippen molar-refractivity contribution in [2.24, 2.45) is 11.8 Å². The summed E-state index contributed by atoms with van der Waals surface area (Å²) in [7, 11) is 0. The van der Waals surface area contributed by atoms with Crippen LogP contribution in [0.25, 0.3) is 0 Å². The van der Waals surface area contributed by atoms with Gasteiger partial charge in [0.05, 0.1) is 0 Å². The predicted molar refractivity (Wildman–Crippen MR) is 105 cm³/mol. The monoisotopic (exact) mass is 374 g/mol. The number of nitrogens with one attached hydrogen (secondary N) is 1. The number of anilines is 1. The quantitative estimate of drug-likeness (QED) is 0.713. The van der Waals surface area contributed by atoms with Crippen LogP contribution in [0.1, 0.15) is 61.9 Å². The molecular weight excluding hydrogens is 344 g/mol. The summed E-state index contributed by atoms with van der Waals surface area (Å²) < 4.78 is 0. The maximum absolute atomic E-state index is 12.9. The van der Waals surface area contributed by atoms with Gasteiger partial charge >= 0.3 is 5.97 Å². The number of hydrogen-bond donors (Lipinski definition) is 2. The second-order valence-corrected chi connectivity index (χ2v) is 7.83. The number of rotatable bonds is 7. The number of carboxylic acid groups (broad SMARTS) is 1. The van der Waals surface area contributed by atoms with Crippen molar-refractivity contribution in [2.75, 3.05) is 18.4 Å². The van der Waals surface area contributed by atoms with Crippen LogP contribution in [-0.4, -0.2) is 40.9 Å². The van der Waals surface area contributed by atoms with Gasteiger partial charge in [-0.3, -0.25) is 14.4 Å². The molecule has 6 nitrogen and oxygen atoms in total. The van der Waals surface area contributed by atoms with E-state index in [-0.39, 0.29) is 24.7 Å². The summed E-state index contributed by atoms with van der Waals surface area (Å²) in [6.45, 7) is 7.76. The van der Waals surface area contributed by atoms with E-state index in [0.29, 0.717) is 35.9 Å². The molecule has 0 aromatic heterocycles. The third-order valence-corrected chi connectivity index (χ3v) is 4.96. The molecule has 1 heterocycles. The van der Waals surface area contributed by atoms with Crippen molar-refractivity contribution in [3.8, 4) is 0 Å². The maximum atomic E-state index is 12.9. The molecule has 1 fully saturated rings. The largest absolute Gasteiger partial charge is 0.481 e. The zero-order valence-corrected chi connectivity index (χ0v) is 16.5. The second-order valence-electron chi connectivity index (χ2n) is 7.83. The van der Waals surface area contributed by atoms with Crippen molar-refractivity contribution in [1.29, 1.82) is 0 Å². The highest BCUT2D eigenvalue weighted by molar-refractivity contribution is 5.97. The van der Waals surface area contributed by atoms with Crippen LogP contribution in [0.2, 0.25) is 0 Å². The van der Waals surface area contributed by atoms with Gasteiger partial charge in [0.25, 0.3) is 5.91 Å². The Morgan fingerprint density at radius 3 is 2.37 bits per heavy atom. The lowest BCUT2D eigenvalue weighted by Crippen LogP contribution is -2.42. The highest BCUT2D eigenvalue weighted by Gasteiger charge is 2.26. The minimum Gasteiger partial charge on any atom is -0.481 e. The molecule has 2 unspecified atom stereocenters. The van der Waals surface area contributed by atoms with Gasteiger partial charge in [0, 0.05) is 37.2 Å². The maximum Gasteiger partial charge on any atom is 0.303 e. The average Bonchev–Trinajstić information content (AvgIpc) is 2.59. The number of piperidine rings is 1. The standard InChI is InChI=1S/C21H30N2O4/c1-14-10-15(2)13-23(12-14)21(27)17-9-8-16(3)18(11-17)22-19(24)6-4-5-7-20(25)26/h8-9,11,14-15H,4-7,10,12-13H2,1-3H3,(H,22,24)(H,25,26). The molecule has 1 aromatic rings. The number of carboxylic acids is 1. The van der Waals surface area contributed by atoms with Crippen LogP contribution >= 0.6 is 0 Å². The van der Waals surface area contributed by atoms with E-state index in [1.54, 1.807) is 6.07 Å². The molecule has 2 N–H and O–H groups in total. The number of aryl methyl sites for hydroxylation is 1. The lowest BCUT2D eigenvalue weighted by Gasteiger charge is -2.35. The minimum absolute atomic E-state index is 0.00496. The van der Waals surface area contributed by atoms with Gasteiger partial charge in [-0.2, -0.15) is 0 Å². The molecule has 27 heavy (non-hydrogen) atoms. The Morgan fingerprint density at radius 1 is 1.11 bits per heavy atom. The zero-order chi connectivity index (χ0) is 20.0. The van der Waals surface area contributed by atoms with Crippen LogP contribution in [0.4, 0.5) is 5.69 Å². The summed E-state index contributed by atoms with van der Waals surface area (Å²) in [5.41, 5.74) is 2.12. The summed E-state index contributed by atoms with van der Waals surface area (Å²) in [6.07, 6.45) is 2.49. The molecule has 1 aromatic carbocycles. The number of nitrogens with zero attached hydrogens (tertiary/aromatic N) is 1. The fourth-order valence-electron chi connectivity index (χ4n) is 3.68. The summed E-state index contributed by atoms with van der Waals surface area (Å²) in [5.74, 6) is -0.0151. The Bertz CT molecular complexity index is 691. The number of carbonyl (C=O) groups excluding carboxylic acids is 2. The Kier molecular flexibility index (Phi) is 7.39. The molecule has 1 aliphatic rings. The number of likely N-dealkylation sites (tertiary alicyclic amines) is 1. The van der Waals surface area contributed by atoms with Crippen LogP contribution in [0.15, 0.2) is 18.2 Å². The van der Waals surface area contributed by atoms with Crippen LogP contribution in [-0.2, 0) is 9.59 Å². The smallest absolute Gasteiger partial charge is 0.303 e. The minimum atomic E-state index is -0.848. The second kappa shape index (κ2) is 9.53. The molecule has 148 valence electrons. The van der Waals surface area contributed by atoms with E-state index in [9.17, 15) is 14.4 Å². The fraction of sp³-hybridized carbons (Fsp3) is 0.571. The summed E-state index contributed by atoms with van der Waals surface area (Å²) >= 11 is 0. The first kappa shape index (κ1) is 20.9. The van der Waals surface area contributed by atoms with E-state index < -0.39 is 5.97 Å². The zero-order valence-electron chi connectivity index (χ0n) is 16.5. The molecule has 1 saturated heterocycles. The van der Waals surface area contributed by atoms with E-state index in [2.05, 4.69) is 19.2 Å². The van der Waals surface area contributed by atoms with Crippen molar-refractivity contribution in [3.63, 3.8) is 0 Å². The molecular formula is C21H30N2O4. The highest BCUT2D eigenvalue weighted by Crippen LogP contribution is 2.24. The molecule has 2 amide bonds. The van der Waals surface area contributed by atoms with Gasteiger partial charge in [0.15, 0.2) is 0 Å². The van der Waals surface area contributed by atoms with E-state index in [4.69, 9.17) is 5.11 Å². The molecule has 2 rings (SSSR count). The lowest BCUT2D eigenvalue weighted by molar-refractivity contribution is -0.137. The molecule has 6 heteroatoms. The van der Waals surface area contributed by atoms with Gasteiger partial charge in [-0.1, -0.05) is 19.9 Å². The highest BCUT2D eigenvalue weighted by atomic mass is 16.4. The van der Waals surface area contributed by atoms with Gasteiger partial charge in [-0.15, -0.1) is 0 Å². The Labute approximate surface area is 160 Å². The number of unbranched alkanes of at least 4 members (excludes halogenated alkanes) is 1.